The van der Waals surface area contributed by atoms with Crippen molar-refractivity contribution in [1.29, 1.82) is 0 Å². The van der Waals surface area contributed by atoms with E-state index in [-0.39, 0.29) is 5.95 Å². The third kappa shape index (κ3) is 1.94. The first-order valence-corrected chi connectivity index (χ1v) is 5.75. The molecular formula is C10H14N4OS. The lowest BCUT2D eigenvalue weighted by molar-refractivity contribution is 0.185. The van der Waals surface area contributed by atoms with Crippen molar-refractivity contribution >= 4 is 33.3 Å². The van der Waals surface area contributed by atoms with Crippen molar-refractivity contribution in [2.24, 2.45) is 0 Å². The van der Waals surface area contributed by atoms with Crippen molar-refractivity contribution in [2.75, 3.05) is 25.2 Å². The molecule has 0 aromatic carbocycles. The summed E-state index contributed by atoms with van der Waals surface area (Å²) in [4.78, 5) is 9.28. The van der Waals surface area contributed by atoms with Crippen LogP contribution in [0.2, 0.25) is 0 Å². The lowest BCUT2D eigenvalue weighted by Gasteiger charge is -2.05. The smallest absolute Gasteiger partial charge is 0.222 e. The summed E-state index contributed by atoms with van der Waals surface area (Å²) in [5, 5.41) is 0. The summed E-state index contributed by atoms with van der Waals surface area (Å²) >= 11 is 1.60. The fourth-order valence-electron chi connectivity index (χ4n) is 1.56. The second kappa shape index (κ2) is 4.23. The van der Waals surface area contributed by atoms with Crippen LogP contribution in [0.5, 0.6) is 0 Å². The van der Waals surface area contributed by atoms with Gasteiger partial charge in [0.2, 0.25) is 5.95 Å². The molecule has 0 aliphatic heterocycles. The molecule has 6 heteroatoms. The van der Waals surface area contributed by atoms with Crippen molar-refractivity contribution in [3.8, 4) is 0 Å². The van der Waals surface area contributed by atoms with Crippen LogP contribution >= 0.6 is 11.3 Å². The molecule has 1 unspecified atom stereocenters. The first-order valence-electron chi connectivity index (χ1n) is 4.93. The second-order valence-corrected chi connectivity index (χ2v) is 4.77. The molecule has 16 heavy (non-hydrogen) atoms. The molecule has 5 nitrogen and oxygen atoms in total. The summed E-state index contributed by atoms with van der Waals surface area (Å²) in [6.07, 6.45) is 0. The van der Waals surface area contributed by atoms with Crippen LogP contribution < -0.4 is 11.5 Å². The number of nitrogen functional groups attached to an aromatic ring is 2. The second-order valence-electron chi connectivity index (χ2n) is 3.69. The number of thiophene rings is 1. The van der Waals surface area contributed by atoms with E-state index < -0.39 is 0 Å². The molecule has 2 heterocycles. The Morgan fingerprint density at radius 1 is 1.44 bits per heavy atom. The minimum atomic E-state index is 0.216. The van der Waals surface area contributed by atoms with Crippen LogP contribution in [-0.4, -0.2) is 23.7 Å². The molecule has 86 valence electrons. The van der Waals surface area contributed by atoms with Crippen molar-refractivity contribution in [1.82, 2.24) is 9.97 Å². The van der Waals surface area contributed by atoms with Crippen LogP contribution in [0.3, 0.4) is 0 Å². The molecule has 1 atom stereocenters. The van der Waals surface area contributed by atoms with Crippen LogP contribution in [-0.2, 0) is 4.74 Å². The number of fused-ring (bicyclic) bond motifs is 1. The van der Waals surface area contributed by atoms with Gasteiger partial charge in [-0.3, -0.25) is 0 Å². The number of anilines is 2. The van der Waals surface area contributed by atoms with Crippen molar-refractivity contribution in [3.05, 3.63) is 10.9 Å². The van der Waals surface area contributed by atoms with E-state index in [1.807, 2.05) is 6.07 Å². The summed E-state index contributed by atoms with van der Waals surface area (Å²) in [6, 6.07) is 2.00. The van der Waals surface area contributed by atoms with Gasteiger partial charge in [0.25, 0.3) is 0 Å². The highest BCUT2D eigenvalue weighted by molar-refractivity contribution is 7.19. The van der Waals surface area contributed by atoms with E-state index in [0.29, 0.717) is 18.3 Å². The molecule has 0 spiro atoms. The third-order valence-electron chi connectivity index (χ3n) is 2.34. The Morgan fingerprint density at radius 2 is 2.19 bits per heavy atom. The van der Waals surface area contributed by atoms with Crippen molar-refractivity contribution < 1.29 is 4.74 Å². The lowest BCUT2D eigenvalue weighted by Crippen LogP contribution is -1.99. The highest BCUT2D eigenvalue weighted by Crippen LogP contribution is 2.32. The van der Waals surface area contributed by atoms with Crippen LogP contribution in [0.15, 0.2) is 6.07 Å². The Morgan fingerprint density at radius 3 is 2.88 bits per heavy atom. The maximum Gasteiger partial charge on any atom is 0.222 e. The van der Waals surface area contributed by atoms with E-state index >= 15 is 0 Å². The molecule has 0 radical (unpaired) electrons. The van der Waals surface area contributed by atoms with Crippen LogP contribution in [0.4, 0.5) is 11.8 Å². The molecule has 0 aliphatic carbocycles. The average Bonchev–Trinajstić information content (AvgIpc) is 2.62. The van der Waals surface area contributed by atoms with Gasteiger partial charge in [0, 0.05) is 17.9 Å². The van der Waals surface area contributed by atoms with Gasteiger partial charge in [-0.1, -0.05) is 6.92 Å². The molecule has 0 saturated carbocycles. The van der Waals surface area contributed by atoms with Gasteiger partial charge < -0.3 is 16.2 Å². The first kappa shape index (κ1) is 11.1. The Labute approximate surface area is 97.4 Å². The van der Waals surface area contributed by atoms with Gasteiger partial charge in [-0.2, -0.15) is 4.98 Å². The Hall–Kier alpha value is -1.40. The van der Waals surface area contributed by atoms with E-state index in [4.69, 9.17) is 16.2 Å². The van der Waals surface area contributed by atoms with Gasteiger partial charge in [0.15, 0.2) is 0 Å². The number of methoxy groups -OCH3 is 1. The minimum absolute atomic E-state index is 0.216. The molecule has 4 N–H and O–H groups in total. The summed E-state index contributed by atoms with van der Waals surface area (Å²) in [5.74, 6) is 0.988. The zero-order valence-corrected chi connectivity index (χ0v) is 10.0. The van der Waals surface area contributed by atoms with Crippen LogP contribution in [0, 0.1) is 0 Å². The number of ether oxygens (including phenoxy) is 1. The highest BCUT2D eigenvalue weighted by atomic mass is 32.1. The minimum Gasteiger partial charge on any atom is -0.384 e. The Bertz CT molecular complexity index is 511. The van der Waals surface area contributed by atoms with E-state index in [0.717, 1.165) is 10.2 Å². The average molecular weight is 238 g/mol. The lowest BCUT2D eigenvalue weighted by atomic mass is 10.1. The number of nitrogens with two attached hydrogens (primary N) is 2. The zero-order valence-electron chi connectivity index (χ0n) is 9.23. The summed E-state index contributed by atoms with van der Waals surface area (Å²) in [7, 11) is 1.69. The molecule has 0 saturated heterocycles. The largest absolute Gasteiger partial charge is 0.384 e. The van der Waals surface area contributed by atoms with E-state index in [9.17, 15) is 0 Å². The first-order chi connectivity index (χ1) is 7.61. The van der Waals surface area contributed by atoms with E-state index in [1.54, 1.807) is 18.4 Å². The van der Waals surface area contributed by atoms with E-state index in [1.165, 1.54) is 4.88 Å². The maximum atomic E-state index is 5.79. The normalized spacial score (nSPS) is 13.1. The van der Waals surface area contributed by atoms with Crippen molar-refractivity contribution in [3.63, 3.8) is 0 Å². The standard InChI is InChI=1S/C10H14N4OS/c1-5(4-15-2)7-3-6-8(16-7)9(11)14-10(12)13-6/h3,5H,4H2,1-2H3,(H4,11,12,13,14). The summed E-state index contributed by atoms with van der Waals surface area (Å²) < 4.78 is 6.02. The van der Waals surface area contributed by atoms with Gasteiger partial charge >= 0.3 is 0 Å². The molecular weight excluding hydrogens is 224 g/mol. The SMILES string of the molecule is COCC(C)c1cc2nc(N)nc(N)c2s1. The predicted molar refractivity (Wildman–Crippen MR) is 66.5 cm³/mol. The molecule has 0 amide bonds. The molecule has 2 aromatic heterocycles. The van der Waals surface area contributed by atoms with Crippen molar-refractivity contribution in [2.45, 2.75) is 12.8 Å². The monoisotopic (exact) mass is 238 g/mol. The van der Waals surface area contributed by atoms with Crippen LogP contribution in [0.25, 0.3) is 10.2 Å². The fourth-order valence-corrected chi connectivity index (χ4v) is 2.60. The van der Waals surface area contributed by atoms with Gasteiger partial charge in [-0.25, -0.2) is 4.98 Å². The molecule has 0 bridgehead atoms. The van der Waals surface area contributed by atoms with Gasteiger partial charge in [0.1, 0.15) is 5.82 Å². The maximum absolute atomic E-state index is 5.79. The predicted octanol–water partition coefficient (Wildman–Crippen LogP) is 1.61. The Balaban J connectivity index is 2.47. The number of hydrogen-bond acceptors (Lipinski definition) is 6. The number of hydrogen-bond donors (Lipinski definition) is 2. The molecule has 0 aliphatic rings. The quantitative estimate of drug-likeness (QED) is 0.848. The van der Waals surface area contributed by atoms with Crippen LogP contribution in [0.1, 0.15) is 17.7 Å². The Kier molecular flexibility index (Phi) is 2.93. The summed E-state index contributed by atoms with van der Waals surface area (Å²) in [6.45, 7) is 2.77. The molecule has 0 fully saturated rings. The van der Waals surface area contributed by atoms with Gasteiger partial charge in [-0.05, 0) is 6.07 Å². The summed E-state index contributed by atoms with van der Waals surface area (Å²) in [5.41, 5.74) is 12.2. The number of nitrogens with zero attached hydrogens (tertiary/aromatic N) is 2. The van der Waals surface area contributed by atoms with Gasteiger partial charge in [-0.15, -0.1) is 11.3 Å². The molecule has 2 rings (SSSR count). The molecule has 2 aromatic rings. The highest BCUT2D eigenvalue weighted by Gasteiger charge is 2.13. The third-order valence-corrected chi connectivity index (χ3v) is 3.71. The topological polar surface area (TPSA) is 87.0 Å². The number of rotatable bonds is 3. The zero-order chi connectivity index (χ0) is 11.7. The van der Waals surface area contributed by atoms with Gasteiger partial charge in [0.05, 0.1) is 16.8 Å². The van der Waals surface area contributed by atoms with E-state index in [2.05, 4.69) is 16.9 Å². The fraction of sp³-hybridized carbons (Fsp3) is 0.400. The number of aromatic nitrogens is 2.